The molecule has 2 aromatic rings. The molecule has 0 aromatic heterocycles. The number of ether oxygens (including phenoxy) is 2. The largest absolute Gasteiger partial charge is 0.482 e. The topological polar surface area (TPSA) is 93.7 Å². The molecule has 2 rings (SSSR count). The fourth-order valence-electron chi connectivity index (χ4n) is 2.30. The molecule has 142 valence electrons. The molecule has 0 aliphatic rings. The van der Waals surface area contributed by atoms with Gasteiger partial charge in [-0.3, -0.25) is 10.1 Å². The Morgan fingerprint density at radius 3 is 2.33 bits per heavy atom. The van der Waals surface area contributed by atoms with Crippen LogP contribution in [0.25, 0.3) is 0 Å². The summed E-state index contributed by atoms with van der Waals surface area (Å²) in [6, 6.07) is 15.0. The summed E-state index contributed by atoms with van der Waals surface area (Å²) in [5, 5.41) is 4.61. The minimum Gasteiger partial charge on any atom is -0.482 e. The van der Waals surface area contributed by atoms with Crippen molar-refractivity contribution < 1.29 is 23.9 Å². The zero-order valence-electron chi connectivity index (χ0n) is 15.2. The smallest absolute Gasteiger partial charge is 0.345 e. The predicted octanol–water partition coefficient (Wildman–Crippen LogP) is 2.50. The Morgan fingerprint density at radius 1 is 1.00 bits per heavy atom. The van der Waals surface area contributed by atoms with E-state index < -0.39 is 24.0 Å². The van der Waals surface area contributed by atoms with E-state index in [-0.39, 0.29) is 6.61 Å². The van der Waals surface area contributed by atoms with Crippen LogP contribution >= 0.6 is 0 Å². The van der Waals surface area contributed by atoms with Gasteiger partial charge in [-0.2, -0.15) is 0 Å². The van der Waals surface area contributed by atoms with Crippen molar-refractivity contribution in [3.8, 4) is 5.75 Å². The van der Waals surface area contributed by atoms with E-state index in [1.165, 1.54) is 0 Å². The Bertz CT molecular complexity index is 792. The van der Waals surface area contributed by atoms with E-state index >= 15 is 0 Å². The minimum absolute atomic E-state index is 0.359. The third kappa shape index (κ3) is 6.14. The highest BCUT2D eigenvalue weighted by molar-refractivity contribution is 5.97. The number of esters is 1. The van der Waals surface area contributed by atoms with E-state index in [9.17, 15) is 14.4 Å². The second kappa shape index (κ2) is 9.96. The lowest BCUT2D eigenvalue weighted by molar-refractivity contribution is -0.158. The molecule has 27 heavy (non-hydrogen) atoms. The van der Waals surface area contributed by atoms with Gasteiger partial charge in [0.1, 0.15) is 5.75 Å². The van der Waals surface area contributed by atoms with Crippen molar-refractivity contribution in [1.29, 1.82) is 0 Å². The van der Waals surface area contributed by atoms with E-state index in [1.54, 1.807) is 49.4 Å². The van der Waals surface area contributed by atoms with Crippen molar-refractivity contribution in [3.05, 3.63) is 65.7 Å². The summed E-state index contributed by atoms with van der Waals surface area (Å²) in [6.45, 7) is 3.58. The van der Waals surface area contributed by atoms with Crippen LogP contribution in [0.15, 0.2) is 54.6 Å². The fraction of sp³-hybridized carbons (Fsp3) is 0.250. The summed E-state index contributed by atoms with van der Waals surface area (Å²) < 4.78 is 10.7. The highest BCUT2D eigenvalue weighted by atomic mass is 16.6. The molecule has 2 N–H and O–H groups in total. The van der Waals surface area contributed by atoms with Gasteiger partial charge in [0.25, 0.3) is 5.91 Å². The van der Waals surface area contributed by atoms with Crippen molar-refractivity contribution in [2.45, 2.75) is 20.0 Å². The number of benzene rings is 2. The molecule has 7 heteroatoms. The van der Waals surface area contributed by atoms with Crippen molar-refractivity contribution in [2.75, 3.05) is 13.2 Å². The monoisotopic (exact) mass is 370 g/mol. The lowest BCUT2D eigenvalue weighted by atomic mass is 10.1. The van der Waals surface area contributed by atoms with Gasteiger partial charge in [-0.15, -0.1) is 0 Å². The number of carbonyl (C=O) groups excluding carboxylic acids is 3. The van der Waals surface area contributed by atoms with Crippen LogP contribution in [0.5, 0.6) is 5.75 Å². The molecule has 0 bridgehead atoms. The van der Waals surface area contributed by atoms with E-state index in [4.69, 9.17) is 9.47 Å². The molecule has 7 nitrogen and oxygen atoms in total. The predicted molar refractivity (Wildman–Crippen MR) is 99.2 cm³/mol. The third-order valence-electron chi connectivity index (χ3n) is 3.60. The van der Waals surface area contributed by atoms with Gasteiger partial charge in [0.15, 0.2) is 6.61 Å². The van der Waals surface area contributed by atoms with E-state index in [1.807, 2.05) is 19.1 Å². The summed E-state index contributed by atoms with van der Waals surface area (Å²) >= 11 is 0. The number of hydrogen-bond donors (Lipinski definition) is 2. The second-order valence-corrected chi connectivity index (χ2v) is 5.68. The third-order valence-corrected chi connectivity index (χ3v) is 3.60. The fourth-order valence-corrected chi connectivity index (χ4v) is 2.30. The molecule has 0 fully saturated rings. The van der Waals surface area contributed by atoms with Gasteiger partial charge in [0.2, 0.25) is 6.10 Å². The number of amides is 3. The molecule has 2 aromatic carbocycles. The van der Waals surface area contributed by atoms with Gasteiger partial charge in [0.05, 0.1) is 0 Å². The number of carbonyl (C=O) groups is 3. The van der Waals surface area contributed by atoms with Crippen LogP contribution in [-0.2, 0) is 14.3 Å². The van der Waals surface area contributed by atoms with Gasteiger partial charge in [-0.1, -0.05) is 48.5 Å². The van der Waals surface area contributed by atoms with E-state index in [0.29, 0.717) is 17.9 Å². The average Bonchev–Trinajstić information content (AvgIpc) is 2.66. The Balaban J connectivity index is 2.05. The Morgan fingerprint density at radius 2 is 1.67 bits per heavy atom. The minimum atomic E-state index is -1.26. The maximum absolute atomic E-state index is 12.4. The summed E-state index contributed by atoms with van der Waals surface area (Å²) in [4.78, 5) is 36.2. The Labute approximate surface area is 157 Å². The summed E-state index contributed by atoms with van der Waals surface area (Å²) in [5.41, 5.74) is 1.32. The lowest BCUT2D eigenvalue weighted by Crippen LogP contribution is -2.42. The molecular weight excluding hydrogens is 348 g/mol. The molecule has 0 radical (unpaired) electrons. The number of urea groups is 1. The maximum atomic E-state index is 12.4. The normalized spacial score (nSPS) is 11.2. The summed E-state index contributed by atoms with van der Waals surface area (Å²) in [5.74, 6) is -0.910. The molecule has 0 saturated carbocycles. The first-order chi connectivity index (χ1) is 13.0. The molecule has 0 aliphatic carbocycles. The van der Waals surface area contributed by atoms with Crippen LogP contribution in [0.3, 0.4) is 0 Å². The zero-order valence-corrected chi connectivity index (χ0v) is 15.2. The van der Waals surface area contributed by atoms with Crippen LogP contribution in [0.1, 0.15) is 24.2 Å². The second-order valence-electron chi connectivity index (χ2n) is 5.68. The quantitative estimate of drug-likeness (QED) is 0.731. The van der Waals surface area contributed by atoms with E-state index in [2.05, 4.69) is 10.6 Å². The number of aryl methyl sites for hydroxylation is 1. The molecule has 0 saturated heterocycles. The first-order valence-corrected chi connectivity index (χ1v) is 8.52. The van der Waals surface area contributed by atoms with Gasteiger partial charge >= 0.3 is 12.0 Å². The van der Waals surface area contributed by atoms with Crippen LogP contribution in [0, 0.1) is 6.92 Å². The molecule has 0 spiro atoms. The highest BCUT2D eigenvalue weighted by Crippen LogP contribution is 2.19. The number of hydrogen-bond acceptors (Lipinski definition) is 5. The maximum Gasteiger partial charge on any atom is 0.345 e. The van der Waals surface area contributed by atoms with Crippen LogP contribution in [-0.4, -0.2) is 31.1 Å². The van der Waals surface area contributed by atoms with Gasteiger partial charge < -0.3 is 14.8 Å². The number of imide groups is 1. The zero-order chi connectivity index (χ0) is 19.6. The summed E-state index contributed by atoms with van der Waals surface area (Å²) in [7, 11) is 0. The first kappa shape index (κ1) is 20.0. The molecule has 0 heterocycles. The van der Waals surface area contributed by atoms with E-state index in [0.717, 1.165) is 5.56 Å². The van der Waals surface area contributed by atoms with Crippen molar-refractivity contribution in [3.63, 3.8) is 0 Å². The molecule has 1 atom stereocenters. The lowest BCUT2D eigenvalue weighted by Gasteiger charge is -2.18. The molecule has 0 aliphatic heterocycles. The molecule has 0 unspecified atom stereocenters. The number of para-hydroxylation sites is 1. The van der Waals surface area contributed by atoms with Gasteiger partial charge in [-0.25, -0.2) is 9.59 Å². The molecule has 3 amide bonds. The number of rotatable bonds is 7. The van der Waals surface area contributed by atoms with Crippen molar-refractivity contribution in [1.82, 2.24) is 10.6 Å². The SMILES string of the molecule is CCNC(=O)NC(=O)[C@H](OC(=O)COc1ccccc1C)c1ccccc1. The van der Waals surface area contributed by atoms with Crippen LogP contribution < -0.4 is 15.4 Å². The molecular formula is C20H22N2O5. The van der Waals surface area contributed by atoms with Gasteiger partial charge in [-0.05, 0) is 25.5 Å². The Hall–Kier alpha value is -3.35. The van der Waals surface area contributed by atoms with Gasteiger partial charge in [0, 0.05) is 12.1 Å². The van der Waals surface area contributed by atoms with Crippen molar-refractivity contribution >= 4 is 17.9 Å². The highest BCUT2D eigenvalue weighted by Gasteiger charge is 2.26. The van der Waals surface area contributed by atoms with Crippen LogP contribution in [0.2, 0.25) is 0 Å². The average molecular weight is 370 g/mol. The number of nitrogens with one attached hydrogen (secondary N) is 2. The van der Waals surface area contributed by atoms with Crippen LogP contribution in [0.4, 0.5) is 4.79 Å². The standard InChI is InChI=1S/C20H22N2O5/c1-3-21-20(25)22-19(24)18(15-10-5-4-6-11-15)27-17(23)13-26-16-12-8-7-9-14(16)2/h4-12,18H,3,13H2,1-2H3,(H2,21,22,24,25)/t18-/m1/s1. The van der Waals surface area contributed by atoms with Crippen molar-refractivity contribution in [2.24, 2.45) is 0 Å². The summed E-state index contributed by atoms with van der Waals surface area (Å²) in [6.07, 6.45) is -1.26. The Kier molecular flexibility index (Phi) is 7.37. The first-order valence-electron chi connectivity index (χ1n) is 8.52.